The summed E-state index contributed by atoms with van der Waals surface area (Å²) in [7, 11) is 4.90. The largest absolute Gasteiger partial charge is 0.508 e. The summed E-state index contributed by atoms with van der Waals surface area (Å²) < 4.78 is 5.19. The van der Waals surface area contributed by atoms with E-state index >= 15 is 0 Å². The van der Waals surface area contributed by atoms with E-state index in [4.69, 9.17) is 10.5 Å². The van der Waals surface area contributed by atoms with E-state index in [0.717, 1.165) is 22.3 Å². The van der Waals surface area contributed by atoms with E-state index in [1.165, 1.54) is 0 Å². The highest BCUT2D eigenvalue weighted by molar-refractivity contribution is 6.22. The monoisotopic (exact) mass is 517 g/mol. The topological polar surface area (TPSA) is 143 Å². The van der Waals surface area contributed by atoms with Crippen LogP contribution in [-0.4, -0.2) is 70.4 Å². The lowest BCUT2D eigenvalue weighted by Crippen LogP contribution is -2.62. The van der Waals surface area contributed by atoms with Crippen molar-refractivity contribution in [3.05, 3.63) is 69.6 Å². The average Bonchev–Trinajstić information content (AvgIpc) is 2.86. The third-order valence-electron chi connectivity index (χ3n) is 8.46. The number of primary amides is 1. The molecule has 0 saturated carbocycles. The SMILES string of the molecule is COc1ccc(-c2ccc(C)c3c2C[C@H]2C[C@H]4[C@H](N(C)C)C(=O)C(C(N)=O)=C(O)[C@@]4(O)C(C)=C2C3=O)cn1. The van der Waals surface area contributed by atoms with Crippen LogP contribution in [0.25, 0.3) is 11.1 Å². The number of Topliss-reactive ketones (excluding diaryl/α,β-unsaturated/α-hetero) is 2. The van der Waals surface area contributed by atoms with Gasteiger partial charge < -0.3 is 20.7 Å². The smallest absolute Gasteiger partial charge is 0.255 e. The van der Waals surface area contributed by atoms with Crippen LogP contribution in [0.15, 0.2) is 52.9 Å². The van der Waals surface area contributed by atoms with Crippen molar-refractivity contribution in [2.75, 3.05) is 21.2 Å². The second-order valence-electron chi connectivity index (χ2n) is 10.6. The number of aliphatic hydroxyl groups is 2. The summed E-state index contributed by atoms with van der Waals surface area (Å²) in [4.78, 5) is 45.6. The molecule has 9 nitrogen and oxygen atoms in total. The minimum atomic E-state index is -2.07. The van der Waals surface area contributed by atoms with Crippen LogP contribution >= 0.6 is 0 Å². The lowest BCUT2D eigenvalue weighted by Gasteiger charge is -2.51. The van der Waals surface area contributed by atoms with E-state index < -0.39 is 40.6 Å². The molecular formula is C29H31N3O6. The maximum Gasteiger partial charge on any atom is 0.255 e. The summed E-state index contributed by atoms with van der Waals surface area (Å²) in [5, 5.41) is 23.1. The molecule has 0 aliphatic heterocycles. The molecule has 1 aromatic heterocycles. The van der Waals surface area contributed by atoms with Crippen LogP contribution < -0.4 is 10.5 Å². The number of amides is 1. The second kappa shape index (κ2) is 8.89. The van der Waals surface area contributed by atoms with Crippen molar-refractivity contribution in [2.45, 2.75) is 38.3 Å². The van der Waals surface area contributed by atoms with Crippen LogP contribution in [-0.2, 0) is 16.0 Å². The van der Waals surface area contributed by atoms with Crippen molar-refractivity contribution in [3.8, 4) is 17.0 Å². The number of hydrogen-bond donors (Lipinski definition) is 3. The number of carbonyl (C=O) groups excluding carboxylic acids is 3. The highest BCUT2D eigenvalue weighted by Gasteiger charge is 2.60. The number of benzene rings is 1. The molecule has 0 radical (unpaired) electrons. The second-order valence-corrected chi connectivity index (χ2v) is 10.6. The van der Waals surface area contributed by atoms with Crippen LogP contribution in [0.2, 0.25) is 0 Å². The minimum absolute atomic E-state index is 0.229. The van der Waals surface area contributed by atoms with Gasteiger partial charge in [-0.25, -0.2) is 4.98 Å². The molecule has 0 saturated heterocycles. The van der Waals surface area contributed by atoms with Crippen molar-refractivity contribution < 1.29 is 29.3 Å². The van der Waals surface area contributed by atoms with Crippen LogP contribution in [0.1, 0.15) is 34.8 Å². The number of carbonyl (C=O) groups is 3. The van der Waals surface area contributed by atoms with Gasteiger partial charge in [-0.1, -0.05) is 12.1 Å². The minimum Gasteiger partial charge on any atom is -0.508 e. The van der Waals surface area contributed by atoms with Crippen LogP contribution in [0.4, 0.5) is 0 Å². The Morgan fingerprint density at radius 2 is 1.89 bits per heavy atom. The molecule has 1 heterocycles. The predicted octanol–water partition coefficient (Wildman–Crippen LogP) is 2.30. The van der Waals surface area contributed by atoms with Gasteiger partial charge in [0.2, 0.25) is 5.88 Å². The van der Waals surface area contributed by atoms with E-state index in [9.17, 15) is 24.6 Å². The van der Waals surface area contributed by atoms with E-state index in [-0.39, 0.29) is 23.7 Å². The summed E-state index contributed by atoms with van der Waals surface area (Å²) in [6, 6.07) is 6.62. The molecule has 3 aliphatic rings. The standard InChI is InChI=1S/C29H31N3O6/c1-13-6-8-17(15-7-9-20(38-5)31-12-15)18-10-16-11-19-24(32(3)4)26(34)23(28(30)36)27(35)29(19,37)14(2)22(16)25(33)21(13)18/h6-9,12,16,19,24,35,37H,10-11H2,1-5H3,(H2,30,36)/t16-,19-,24-,29+/m0/s1. The van der Waals surface area contributed by atoms with Crippen molar-refractivity contribution in [2.24, 2.45) is 17.6 Å². The van der Waals surface area contributed by atoms with Gasteiger partial charge in [-0.3, -0.25) is 19.3 Å². The number of hydrogen-bond acceptors (Lipinski definition) is 8. The fraction of sp³-hybridized carbons (Fsp3) is 0.379. The number of ketones is 2. The molecule has 9 heteroatoms. The van der Waals surface area contributed by atoms with Crippen molar-refractivity contribution in [1.82, 2.24) is 9.88 Å². The van der Waals surface area contributed by atoms with Gasteiger partial charge in [-0.05, 0) is 75.0 Å². The molecule has 0 fully saturated rings. The lowest BCUT2D eigenvalue weighted by atomic mass is 9.56. The Morgan fingerprint density at radius 3 is 2.47 bits per heavy atom. The van der Waals surface area contributed by atoms with Gasteiger partial charge in [0.25, 0.3) is 5.91 Å². The molecule has 2 aromatic rings. The van der Waals surface area contributed by atoms with Gasteiger partial charge in [0.05, 0.1) is 13.2 Å². The Labute approximate surface area is 220 Å². The molecule has 198 valence electrons. The van der Waals surface area contributed by atoms with Crippen molar-refractivity contribution >= 4 is 17.5 Å². The Kier molecular flexibility index (Phi) is 6.04. The first-order valence-corrected chi connectivity index (χ1v) is 12.5. The van der Waals surface area contributed by atoms with Gasteiger partial charge in [-0.2, -0.15) is 0 Å². The summed E-state index contributed by atoms with van der Waals surface area (Å²) >= 11 is 0. The quantitative estimate of drug-likeness (QED) is 0.525. The van der Waals surface area contributed by atoms with Gasteiger partial charge in [0, 0.05) is 34.9 Å². The number of likely N-dealkylation sites (N-methyl/N-ethyl adjacent to an activating group) is 1. The van der Waals surface area contributed by atoms with Gasteiger partial charge >= 0.3 is 0 Å². The molecule has 0 bridgehead atoms. The Balaban J connectivity index is 1.72. The summed E-state index contributed by atoms with van der Waals surface area (Å²) in [5.41, 5.74) is 7.40. The fourth-order valence-electron chi connectivity index (χ4n) is 6.71. The van der Waals surface area contributed by atoms with Crippen LogP contribution in [0.5, 0.6) is 5.88 Å². The molecule has 0 unspecified atom stereocenters. The number of allylic oxidation sites excluding steroid dienone is 1. The van der Waals surface area contributed by atoms with E-state index in [1.807, 2.05) is 25.1 Å². The summed E-state index contributed by atoms with van der Waals surface area (Å²) in [6.07, 6.45) is 2.47. The number of nitrogens with zero attached hydrogens (tertiary/aromatic N) is 2. The fourth-order valence-corrected chi connectivity index (χ4v) is 6.71. The Morgan fingerprint density at radius 1 is 1.18 bits per heavy atom. The molecule has 3 aliphatic carbocycles. The zero-order chi connectivity index (χ0) is 27.7. The number of ether oxygens (including phenoxy) is 1. The van der Waals surface area contributed by atoms with Crippen LogP contribution in [0, 0.1) is 18.8 Å². The van der Waals surface area contributed by atoms with E-state index in [0.29, 0.717) is 23.4 Å². The molecule has 5 rings (SSSR count). The first-order valence-electron chi connectivity index (χ1n) is 12.5. The number of pyridine rings is 1. The lowest BCUT2D eigenvalue weighted by molar-refractivity contribution is -0.133. The van der Waals surface area contributed by atoms with Crippen molar-refractivity contribution in [3.63, 3.8) is 0 Å². The molecule has 1 aromatic carbocycles. The Hall–Kier alpha value is -3.82. The molecule has 4 N–H and O–H groups in total. The number of aliphatic hydroxyl groups excluding tert-OH is 1. The first-order chi connectivity index (χ1) is 17.9. The summed E-state index contributed by atoms with van der Waals surface area (Å²) in [5.74, 6) is -3.34. The number of nitrogens with two attached hydrogens (primary N) is 1. The highest BCUT2D eigenvalue weighted by atomic mass is 16.5. The number of rotatable bonds is 4. The van der Waals surface area contributed by atoms with E-state index in [2.05, 4.69) is 4.98 Å². The molecule has 0 spiro atoms. The first kappa shape index (κ1) is 25.8. The molecule has 1 amide bonds. The number of fused-ring (bicyclic) bond motifs is 3. The van der Waals surface area contributed by atoms with Gasteiger partial charge in [0.15, 0.2) is 11.6 Å². The maximum atomic E-state index is 14.1. The maximum absolute atomic E-state index is 14.1. The molecule has 4 atom stereocenters. The third kappa shape index (κ3) is 3.45. The predicted molar refractivity (Wildman–Crippen MR) is 140 cm³/mol. The molecule has 38 heavy (non-hydrogen) atoms. The molecular weight excluding hydrogens is 486 g/mol. The summed E-state index contributed by atoms with van der Waals surface area (Å²) in [6.45, 7) is 3.47. The van der Waals surface area contributed by atoms with Crippen molar-refractivity contribution in [1.29, 1.82) is 0 Å². The number of aromatic nitrogens is 1. The number of methoxy groups -OCH3 is 1. The van der Waals surface area contributed by atoms with E-state index in [1.54, 1.807) is 45.3 Å². The number of aryl methyl sites for hydroxylation is 1. The third-order valence-corrected chi connectivity index (χ3v) is 8.46. The highest BCUT2D eigenvalue weighted by Crippen LogP contribution is 2.53. The average molecular weight is 518 g/mol. The van der Waals surface area contributed by atoms with Gasteiger partial charge in [-0.15, -0.1) is 0 Å². The zero-order valence-corrected chi connectivity index (χ0v) is 22.0. The van der Waals surface area contributed by atoms with Crippen LogP contribution in [0.3, 0.4) is 0 Å². The zero-order valence-electron chi connectivity index (χ0n) is 22.0. The van der Waals surface area contributed by atoms with Gasteiger partial charge in [0.1, 0.15) is 16.9 Å². The Bertz CT molecular complexity index is 1460. The normalized spacial score (nSPS) is 26.8.